The van der Waals surface area contributed by atoms with Gasteiger partial charge >= 0.3 is 6.09 Å². The Morgan fingerprint density at radius 1 is 1.73 bits per heavy atom. The van der Waals surface area contributed by atoms with Crippen LogP contribution in [0.3, 0.4) is 0 Å². The van der Waals surface area contributed by atoms with Crippen LogP contribution in [0.2, 0.25) is 0 Å². The third-order valence-electron chi connectivity index (χ3n) is 1.59. The highest BCUT2D eigenvalue weighted by Gasteiger charge is 2.14. The first-order valence-electron chi connectivity index (χ1n) is 3.44. The largest absolute Gasteiger partial charge is 0.448 e. The average Bonchev–Trinajstić information content (AvgIpc) is 2.34. The normalized spacial score (nSPS) is 22.4. The Hall–Kier alpha value is -0.480. The van der Waals surface area contributed by atoms with Crippen LogP contribution in [0.4, 0.5) is 4.79 Å². The molecule has 1 aliphatic rings. The zero-order chi connectivity index (χ0) is 7.40. The standard InChI is InChI=1S/C6H12N2O2.ClH/c7-6(9)10-4-5-2-1-3-8-5;/h5,8H,1-4H2,(H2,7,9);1H/t5-;/m0./s1. The molecule has 0 aliphatic carbocycles. The van der Waals surface area contributed by atoms with Gasteiger partial charge in [0.15, 0.2) is 0 Å². The summed E-state index contributed by atoms with van der Waals surface area (Å²) in [6.45, 7) is 1.43. The Morgan fingerprint density at radius 3 is 2.91 bits per heavy atom. The molecule has 11 heavy (non-hydrogen) atoms. The lowest BCUT2D eigenvalue weighted by Gasteiger charge is -2.07. The minimum Gasteiger partial charge on any atom is -0.448 e. The lowest BCUT2D eigenvalue weighted by Crippen LogP contribution is -2.29. The SMILES string of the molecule is Cl.NC(=O)OC[C@@H]1CCCN1. The number of nitrogens with one attached hydrogen (secondary N) is 1. The zero-order valence-electron chi connectivity index (χ0n) is 6.21. The van der Waals surface area contributed by atoms with E-state index in [2.05, 4.69) is 10.1 Å². The van der Waals surface area contributed by atoms with Gasteiger partial charge in [-0.05, 0) is 19.4 Å². The number of nitrogens with two attached hydrogens (primary N) is 1. The van der Waals surface area contributed by atoms with E-state index < -0.39 is 6.09 Å². The second-order valence-corrected chi connectivity index (χ2v) is 2.42. The molecule has 0 aromatic carbocycles. The van der Waals surface area contributed by atoms with Crippen molar-refractivity contribution >= 4 is 18.5 Å². The Labute approximate surface area is 71.9 Å². The summed E-state index contributed by atoms with van der Waals surface area (Å²) in [5, 5.41) is 3.18. The molecule has 1 amide bonds. The van der Waals surface area contributed by atoms with Crippen molar-refractivity contribution in [3.05, 3.63) is 0 Å². The fraction of sp³-hybridized carbons (Fsp3) is 0.833. The lowest BCUT2D eigenvalue weighted by molar-refractivity contribution is 0.146. The quantitative estimate of drug-likeness (QED) is 0.641. The van der Waals surface area contributed by atoms with Crippen LogP contribution in [0.15, 0.2) is 0 Å². The first kappa shape index (κ1) is 10.5. The first-order chi connectivity index (χ1) is 4.79. The fourth-order valence-corrected chi connectivity index (χ4v) is 1.08. The molecule has 66 valence electrons. The van der Waals surface area contributed by atoms with Crippen LogP contribution in [-0.2, 0) is 4.74 Å². The van der Waals surface area contributed by atoms with Gasteiger partial charge in [-0.15, -0.1) is 12.4 Å². The Bertz CT molecular complexity index is 126. The smallest absolute Gasteiger partial charge is 0.404 e. The van der Waals surface area contributed by atoms with Crippen molar-refractivity contribution in [2.24, 2.45) is 5.73 Å². The molecule has 0 spiro atoms. The highest BCUT2D eigenvalue weighted by atomic mass is 35.5. The fourth-order valence-electron chi connectivity index (χ4n) is 1.08. The Morgan fingerprint density at radius 2 is 2.45 bits per heavy atom. The van der Waals surface area contributed by atoms with Gasteiger partial charge in [0.1, 0.15) is 6.61 Å². The van der Waals surface area contributed by atoms with E-state index >= 15 is 0 Å². The van der Waals surface area contributed by atoms with Crippen molar-refractivity contribution in [3.63, 3.8) is 0 Å². The molecule has 1 heterocycles. The molecule has 1 aliphatic heterocycles. The van der Waals surface area contributed by atoms with Crippen LogP contribution >= 0.6 is 12.4 Å². The van der Waals surface area contributed by atoms with Crippen molar-refractivity contribution < 1.29 is 9.53 Å². The van der Waals surface area contributed by atoms with Crippen molar-refractivity contribution in [1.29, 1.82) is 0 Å². The summed E-state index contributed by atoms with van der Waals surface area (Å²) in [5.41, 5.74) is 4.78. The molecule has 1 atom stereocenters. The minimum absolute atomic E-state index is 0. The van der Waals surface area contributed by atoms with Crippen LogP contribution in [0.5, 0.6) is 0 Å². The predicted octanol–water partition coefficient (Wildman–Crippen LogP) is 0.255. The summed E-state index contributed by atoms with van der Waals surface area (Å²) < 4.78 is 4.60. The van der Waals surface area contributed by atoms with Gasteiger partial charge in [0.05, 0.1) is 0 Å². The molecule has 0 aromatic heterocycles. The Kier molecular flexibility index (Phi) is 4.98. The topological polar surface area (TPSA) is 64.4 Å². The summed E-state index contributed by atoms with van der Waals surface area (Å²) in [7, 11) is 0. The Balaban J connectivity index is 0.000001000. The molecule has 0 bridgehead atoms. The first-order valence-corrected chi connectivity index (χ1v) is 3.44. The van der Waals surface area contributed by atoms with Gasteiger partial charge in [0, 0.05) is 6.04 Å². The summed E-state index contributed by atoms with van der Waals surface area (Å²) in [6.07, 6.45) is 1.55. The average molecular weight is 181 g/mol. The molecule has 4 nitrogen and oxygen atoms in total. The third kappa shape index (κ3) is 4.06. The molecule has 0 radical (unpaired) electrons. The van der Waals surface area contributed by atoms with Gasteiger partial charge in [-0.25, -0.2) is 4.79 Å². The highest BCUT2D eigenvalue weighted by molar-refractivity contribution is 5.85. The molecule has 5 heteroatoms. The molecule has 0 saturated carbocycles. The van der Waals surface area contributed by atoms with Crippen molar-refractivity contribution in [2.45, 2.75) is 18.9 Å². The maximum absolute atomic E-state index is 10.1. The number of primary amides is 1. The maximum Gasteiger partial charge on any atom is 0.404 e. The molecular formula is C6H13ClN2O2. The molecule has 0 aromatic rings. The number of hydrogen-bond acceptors (Lipinski definition) is 3. The number of carbonyl (C=O) groups is 1. The summed E-state index contributed by atoms with van der Waals surface area (Å²) in [4.78, 5) is 10.1. The molecule has 3 N–H and O–H groups in total. The highest BCUT2D eigenvalue weighted by Crippen LogP contribution is 2.04. The molecule has 0 unspecified atom stereocenters. The summed E-state index contributed by atoms with van der Waals surface area (Å²) in [5.74, 6) is 0. The number of ether oxygens (including phenoxy) is 1. The number of rotatable bonds is 2. The van der Waals surface area contributed by atoms with Gasteiger partial charge in [0.2, 0.25) is 0 Å². The van der Waals surface area contributed by atoms with Gasteiger partial charge < -0.3 is 15.8 Å². The number of amides is 1. The third-order valence-corrected chi connectivity index (χ3v) is 1.59. The zero-order valence-corrected chi connectivity index (χ0v) is 7.02. The monoisotopic (exact) mass is 180 g/mol. The van der Waals surface area contributed by atoms with Crippen molar-refractivity contribution in [1.82, 2.24) is 5.32 Å². The van der Waals surface area contributed by atoms with Crippen LogP contribution < -0.4 is 11.1 Å². The van der Waals surface area contributed by atoms with E-state index in [-0.39, 0.29) is 12.4 Å². The van der Waals surface area contributed by atoms with E-state index in [0.717, 1.165) is 19.4 Å². The second-order valence-electron chi connectivity index (χ2n) is 2.42. The number of halogens is 1. The van der Waals surface area contributed by atoms with E-state index in [9.17, 15) is 4.79 Å². The number of carbonyl (C=O) groups excluding carboxylic acids is 1. The van der Waals surface area contributed by atoms with Gasteiger partial charge in [-0.1, -0.05) is 0 Å². The summed E-state index contributed by atoms with van der Waals surface area (Å²) in [6, 6.07) is 0.326. The summed E-state index contributed by atoms with van der Waals surface area (Å²) >= 11 is 0. The second kappa shape index (κ2) is 5.21. The lowest BCUT2D eigenvalue weighted by atomic mass is 10.2. The maximum atomic E-state index is 10.1. The van der Waals surface area contributed by atoms with E-state index in [0.29, 0.717) is 12.6 Å². The van der Waals surface area contributed by atoms with Crippen molar-refractivity contribution in [2.75, 3.05) is 13.2 Å². The molecule has 1 saturated heterocycles. The predicted molar refractivity (Wildman–Crippen MR) is 43.8 cm³/mol. The minimum atomic E-state index is -0.686. The molecule has 1 rings (SSSR count). The van der Waals surface area contributed by atoms with Crippen LogP contribution in [0.1, 0.15) is 12.8 Å². The van der Waals surface area contributed by atoms with Crippen LogP contribution in [0, 0.1) is 0 Å². The molecular weight excluding hydrogens is 168 g/mol. The van der Waals surface area contributed by atoms with E-state index in [1.807, 2.05) is 0 Å². The van der Waals surface area contributed by atoms with Crippen molar-refractivity contribution in [3.8, 4) is 0 Å². The van der Waals surface area contributed by atoms with Crippen LogP contribution in [0.25, 0.3) is 0 Å². The number of hydrogen-bond donors (Lipinski definition) is 2. The van der Waals surface area contributed by atoms with Gasteiger partial charge in [-0.2, -0.15) is 0 Å². The van der Waals surface area contributed by atoms with E-state index in [1.54, 1.807) is 0 Å². The van der Waals surface area contributed by atoms with E-state index in [1.165, 1.54) is 0 Å². The van der Waals surface area contributed by atoms with E-state index in [4.69, 9.17) is 5.73 Å². The van der Waals surface area contributed by atoms with Crippen LogP contribution in [-0.4, -0.2) is 25.3 Å². The molecule has 1 fully saturated rings. The van der Waals surface area contributed by atoms with Gasteiger partial charge in [-0.3, -0.25) is 0 Å². The van der Waals surface area contributed by atoms with Gasteiger partial charge in [0.25, 0.3) is 0 Å².